The molecule has 2 aliphatic rings. The van der Waals surface area contributed by atoms with E-state index in [9.17, 15) is 0 Å². The van der Waals surface area contributed by atoms with Crippen LogP contribution in [0.3, 0.4) is 0 Å². The van der Waals surface area contributed by atoms with Gasteiger partial charge in [-0.1, -0.05) is 0 Å². The summed E-state index contributed by atoms with van der Waals surface area (Å²) in [6.07, 6.45) is 0.713. The molecule has 0 aromatic carbocycles. The molecule has 0 saturated carbocycles. The standard InChI is InChI=1S/C4H11N5/c1-5-3-4(6-1)9-8-2-7-3/h3-9H,1-2H2. The molecule has 2 saturated heterocycles. The molecule has 0 bridgehead atoms. The topological polar surface area (TPSA) is 60.1 Å². The monoisotopic (exact) mass is 129 g/mol. The molecule has 2 unspecified atom stereocenters. The van der Waals surface area contributed by atoms with Gasteiger partial charge < -0.3 is 0 Å². The molecule has 5 nitrogen and oxygen atoms in total. The van der Waals surface area contributed by atoms with Crippen molar-refractivity contribution < 1.29 is 0 Å². The number of hydrogen-bond donors (Lipinski definition) is 5. The van der Waals surface area contributed by atoms with Gasteiger partial charge >= 0.3 is 0 Å². The molecule has 2 fully saturated rings. The van der Waals surface area contributed by atoms with Crippen LogP contribution in [0.5, 0.6) is 0 Å². The minimum atomic E-state index is 0.332. The highest BCUT2D eigenvalue weighted by Gasteiger charge is 2.27. The molecule has 9 heavy (non-hydrogen) atoms. The Morgan fingerprint density at radius 3 is 2.56 bits per heavy atom. The molecule has 0 radical (unpaired) electrons. The lowest BCUT2D eigenvalue weighted by Crippen LogP contribution is -2.65. The van der Waals surface area contributed by atoms with E-state index in [1.54, 1.807) is 0 Å². The number of fused-ring (bicyclic) bond motifs is 1. The zero-order chi connectivity index (χ0) is 6.10. The molecule has 2 heterocycles. The first-order chi connectivity index (χ1) is 4.47. The highest BCUT2D eigenvalue weighted by molar-refractivity contribution is 4.84. The van der Waals surface area contributed by atoms with E-state index in [1.165, 1.54) is 0 Å². The van der Waals surface area contributed by atoms with Crippen molar-refractivity contribution in [3.63, 3.8) is 0 Å². The summed E-state index contributed by atoms with van der Waals surface area (Å²) < 4.78 is 0. The fourth-order valence-electron chi connectivity index (χ4n) is 1.16. The van der Waals surface area contributed by atoms with Gasteiger partial charge in [-0.2, -0.15) is 0 Å². The van der Waals surface area contributed by atoms with Gasteiger partial charge in [-0.25, -0.2) is 10.9 Å². The minimum absolute atomic E-state index is 0.332. The van der Waals surface area contributed by atoms with Gasteiger partial charge in [0.25, 0.3) is 0 Å². The zero-order valence-electron chi connectivity index (χ0n) is 5.07. The molecule has 0 aromatic rings. The van der Waals surface area contributed by atoms with Gasteiger partial charge in [0, 0.05) is 6.67 Å². The Hall–Kier alpha value is -0.200. The first-order valence-corrected chi connectivity index (χ1v) is 3.15. The first-order valence-electron chi connectivity index (χ1n) is 3.15. The fourth-order valence-corrected chi connectivity index (χ4v) is 1.16. The second-order valence-electron chi connectivity index (χ2n) is 2.24. The maximum atomic E-state index is 3.23. The normalized spacial score (nSPS) is 42.7. The van der Waals surface area contributed by atoms with E-state index in [0.717, 1.165) is 13.3 Å². The molecule has 0 aliphatic carbocycles. The Morgan fingerprint density at radius 2 is 1.67 bits per heavy atom. The Kier molecular flexibility index (Phi) is 1.36. The summed E-state index contributed by atoms with van der Waals surface area (Å²) in [7, 11) is 0. The summed E-state index contributed by atoms with van der Waals surface area (Å²) >= 11 is 0. The van der Waals surface area contributed by atoms with Gasteiger partial charge in [0.05, 0.1) is 12.8 Å². The maximum absolute atomic E-state index is 3.23. The smallest absolute Gasteiger partial charge is 0.100 e. The molecule has 0 amide bonds. The van der Waals surface area contributed by atoms with Gasteiger partial charge in [-0.3, -0.25) is 16.0 Å². The van der Waals surface area contributed by atoms with Gasteiger partial charge in [-0.15, -0.1) is 0 Å². The SMILES string of the molecule is C1NNC2NCNC2N1. The molecule has 2 atom stereocenters. The van der Waals surface area contributed by atoms with Gasteiger partial charge in [0.15, 0.2) is 0 Å². The van der Waals surface area contributed by atoms with Crippen molar-refractivity contribution in [2.24, 2.45) is 0 Å². The van der Waals surface area contributed by atoms with Crippen LogP contribution >= 0.6 is 0 Å². The van der Waals surface area contributed by atoms with Crippen molar-refractivity contribution in [3.8, 4) is 0 Å². The van der Waals surface area contributed by atoms with E-state index in [0.29, 0.717) is 12.3 Å². The summed E-state index contributed by atoms with van der Waals surface area (Å²) in [4.78, 5) is 0. The number of rotatable bonds is 0. The summed E-state index contributed by atoms with van der Waals surface area (Å²) in [6.45, 7) is 1.69. The van der Waals surface area contributed by atoms with Crippen molar-refractivity contribution in [3.05, 3.63) is 0 Å². The van der Waals surface area contributed by atoms with E-state index in [2.05, 4.69) is 26.8 Å². The Labute approximate surface area is 53.5 Å². The lowest BCUT2D eigenvalue weighted by molar-refractivity contribution is 0.262. The maximum Gasteiger partial charge on any atom is 0.100 e. The molecule has 5 N–H and O–H groups in total. The lowest BCUT2D eigenvalue weighted by atomic mass is 10.4. The summed E-state index contributed by atoms with van der Waals surface area (Å²) in [5.41, 5.74) is 6.09. The molecular weight excluding hydrogens is 118 g/mol. The van der Waals surface area contributed by atoms with Crippen LogP contribution in [0.25, 0.3) is 0 Å². The van der Waals surface area contributed by atoms with E-state index < -0.39 is 0 Å². The van der Waals surface area contributed by atoms with Crippen LogP contribution in [0.1, 0.15) is 0 Å². The third-order valence-electron chi connectivity index (χ3n) is 1.65. The number of nitrogens with one attached hydrogen (secondary N) is 5. The predicted octanol–water partition coefficient (Wildman–Crippen LogP) is -2.56. The van der Waals surface area contributed by atoms with Crippen LogP contribution in [-0.4, -0.2) is 25.7 Å². The quantitative estimate of drug-likeness (QED) is 0.249. The van der Waals surface area contributed by atoms with E-state index in [1.807, 2.05) is 0 Å². The second kappa shape index (κ2) is 2.20. The molecule has 0 spiro atoms. The Balaban J connectivity index is 1.97. The third-order valence-corrected chi connectivity index (χ3v) is 1.65. The average molecular weight is 129 g/mol. The van der Waals surface area contributed by atoms with E-state index >= 15 is 0 Å². The first kappa shape index (κ1) is 5.57. The summed E-state index contributed by atoms with van der Waals surface area (Å²) in [5, 5.41) is 9.68. The highest BCUT2D eigenvalue weighted by atomic mass is 15.5. The van der Waals surface area contributed by atoms with Crippen LogP contribution in [-0.2, 0) is 0 Å². The zero-order valence-corrected chi connectivity index (χ0v) is 5.07. The largest absolute Gasteiger partial charge is 0.287 e. The van der Waals surface area contributed by atoms with Gasteiger partial charge in [-0.05, 0) is 0 Å². The van der Waals surface area contributed by atoms with E-state index in [-0.39, 0.29) is 0 Å². The summed E-state index contributed by atoms with van der Waals surface area (Å²) in [5.74, 6) is 0. The second-order valence-corrected chi connectivity index (χ2v) is 2.24. The number of hydrazine groups is 1. The number of hydrogen-bond acceptors (Lipinski definition) is 5. The van der Waals surface area contributed by atoms with Crippen LogP contribution < -0.4 is 26.8 Å². The minimum Gasteiger partial charge on any atom is -0.287 e. The van der Waals surface area contributed by atoms with Crippen molar-refractivity contribution in [1.82, 2.24) is 26.8 Å². The fraction of sp³-hybridized carbons (Fsp3) is 1.00. The molecule has 2 aliphatic heterocycles. The Morgan fingerprint density at radius 1 is 0.889 bits per heavy atom. The van der Waals surface area contributed by atoms with Gasteiger partial charge in [0.2, 0.25) is 0 Å². The third kappa shape index (κ3) is 0.930. The van der Waals surface area contributed by atoms with E-state index in [4.69, 9.17) is 0 Å². The Bertz CT molecular complexity index is 93.1. The van der Waals surface area contributed by atoms with Crippen molar-refractivity contribution in [2.75, 3.05) is 13.3 Å². The molecule has 52 valence electrons. The molecule has 0 aromatic heterocycles. The highest BCUT2D eigenvalue weighted by Crippen LogP contribution is 1.92. The van der Waals surface area contributed by atoms with Crippen molar-refractivity contribution in [2.45, 2.75) is 12.3 Å². The molecule has 2 rings (SSSR count). The molecular formula is C4H11N5. The van der Waals surface area contributed by atoms with Crippen LogP contribution in [0.4, 0.5) is 0 Å². The van der Waals surface area contributed by atoms with Crippen LogP contribution in [0.15, 0.2) is 0 Å². The van der Waals surface area contributed by atoms with Crippen molar-refractivity contribution in [1.29, 1.82) is 0 Å². The van der Waals surface area contributed by atoms with Crippen LogP contribution in [0, 0.1) is 0 Å². The predicted molar refractivity (Wildman–Crippen MR) is 33.0 cm³/mol. The van der Waals surface area contributed by atoms with Gasteiger partial charge in [0.1, 0.15) is 6.17 Å². The van der Waals surface area contributed by atoms with Crippen LogP contribution in [0.2, 0.25) is 0 Å². The summed E-state index contributed by atoms with van der Waals surface area (Å²) in [6, 6.07) is 0. The lowest BCUT2D eigenvalue weighted by Gasteiger charge is -2.27. The average Bonchev–Trinajstić information content (AvgIpc) is 2.33. The van der Waals surface area contributed by atoms with Crippen molar-refractivity contribution >= 4 is 0 Å². The molecule has 5 heteroatoms.